The van der Waals surface area contributed by atoms with Gasteiger partial charge in [-0.05, 0) is 11.6 Å². The second kappa shape index (κ2) is 5.66. The maximum Gasteiger partial charge on any atom is 0.242 e. The smallest absolute Gasteiger partial charge is 0.242 e. The summed E-state index contributed by atoms with van der Waals surface area (Å²) in [4.78, 5) is 0. The minimum absolute atomic E-state index is 0.188. The van der Waals surface area contributed by atoms with Crippen LogP contribution in [0.1, 0.15) is 10.6 Å². The molecule has 2 heterocycles. The minimum atomic E-state index is -3.49. The van der Waals surface area contributed by atoms with Gasteiger partial charge in [-0.3, -0.25) is 4.72 Å². The van der Waals surface area contributed by atoms with Gasteiger partial charge in [0, 0.05) is 6.42 Å². The second-order valence-corrected chi connectivity index (χ2v) is 7.60. The van der Waals surface area contributed by atoms with Gasteiger partial charge in [0.15, 0.2) is 0 Å². The van der Waals surface area contributed by atoms with Gasteiger partial charge in [0.1, 0.15) is 16.1 Å². The van der Waals surface area contributed by atoms with E-state index in [-0.39, 0.29) is 30.6 Å². The lowest BCUT2D eigenvalue weighted by Crippen LogP contribution is -2.43. The van der Waals surface area contributed by atoms with Gasteiger partial charge < -0.3 is 4.74 Å². The van der Waals surface area contributed by atoms with E-state index in [9.17, 15) is 12.8 Å². The summed E-state index contributed by atoms with van der Waals surface area (Å²) in [5, 5.41) is 7.85. The Morgan fingerprint density at radius 2 is 2.10 bits per heavy atom. The number of halogens is 1. The summed E-state index contributed by atoms with van der Waals surface area (Å²) in [5.41, 5.74) is 0.496. The third kappa shape index (κ3) is 3.20. The molecule has 0 amide bonds. The van der Waals surface area contributed by atoms with Gasteiger partial charge in [-0.1, -0.05) is 29.5 Å². The van der Waals surface area contributed by atoms with Crippen molar-refractivity contribution in [2.24, 2.45) is 0 Å². The van der Waals surface area contributed by atoms with Crippen LogP contribution in [0.2, 0.25) is 0 Å². The van der Waals surface area contributed by atoms with Gasteiger partial charge in [0.25, 0.3) is 0 Å². The van der Waals surface area contributed by atoms with Crippen molar-refractivity contribution >= 4 is 26.5 Å². The quantitative estimate of drug-likeness (QED) is 0.897. The highest BCUT2D eigenvalue weighted by Crippen LogP contribution is 2.22. The summed E-state index contributed by atoms with van der Waals surface area (Å²) in [6, 6.07) is 6.38. The predicted molar refractivity (Wildman–Crippen MR) is 76.3 cm³/mol. The van der Waals surface area contributed by atoms with E-state index < -0.39 is 15.3 Å². The molecule has 6 nitrogen and oxygen atoms in total. The van der Waals surface area contributed by atoms with E-state index in [4.69, 9.17) is 4.74 Å². The fourth-order valence-electron chi connectivity index (χ4n) is 1.77. The standard InChI is InChI=1S/C12H12FN3O3S2/c13-10-4-2-1-3-8(10)5-11-14-15-12(20-11)16-21(17,18)9-6-19-7-9/h1-4,9H,5-7H2,(H,15,16). The number of anilines is 1. The number of sulfonamides is 1. The van der Waals surface area contributed by atoms with E-state index in [1.807, 2.05) is 0 Å². The largest absolute Gasteiger partial charge is 0.378 e. The van der Waals surface area contributed by atoms with Gasteiger partial charge in [-0.15, -0.1) is 10.2 Å². The van der Waals surface area contributed by atoms with Crippen LogP contribution < -0.4 is 4.72 Å². The number of nitrogens with zero attached hydrogens (tertiary/aromatic N) is 2. The van der Waals surface area contributed by atoms with Crippen LogP contribution in [-0.4, -0.2) is 37.1 Å². The molecule has 1 N–H and O–H groups in total. The Hall–Kier alpha value is -1.58. The van der Waals surface area contributed by atoms with Crippen LogP contribution in [-0.2, 0) is 21.2 Å². The Labute approximate surface area is 125 Å². The first kappa shape index (κ1) is 14.4. The molecule has 0 atom stereocenters. The summed E-state index contributed by atoms with van der Waals surface area (Å²) in [5.74, 6) is -0.318. The first-order valence-electron chi connectivity index (χ1n) is 6.20. The first-order chi connectivity index (χ1) is 10.0. The monoisotopic (exact) mass is 329 g/mol. The van der Waals surface area contributed by atoms with E-state index in [0.29, 0.717) is 10.6 Å². The molecule has 2 aromatic rings. The molecule has 1 aromatic carbocycles. The Balaban J connectivity index is 1.70. The summed E-state index contributed by atoms with van der Waals surface area (Å²) < 4.78 is 44.6. The molecule has 9 heteroatoms. The Bertz CT molecular complexity index is 744. The van der Waals surface area contributed by atoms with E-state index in [1.54, 1.807) is 18.2 Å². The van der Waals surface area contributed by atoms with Gasteiger partial charge in [-0.25, -0.2) is 12.8 Å². The molecule has 112 valence electrons. The zero-order valence-corrected chi connectivity index (χ0v) is 12.5. The van der Waals surface area contributed by atoms with Crippen molar-refractivity contribution in [3.63, 3.8) is 0 Å². The molecular formula is C12H12FN3O3S2. The fraction of sp³-hybridized carbons (Fsp3) is 0.333. The second-order valence-electron chi connectivity index (χ2n) is 4.58. The SMILES string of the molecule is O=S(=O)(Nc1nnc(Cc2ccccc2F)s1)C1COC1. The van der Waals surface area contributed by atoms with Gasteiger partial charge in [-0.2, -0.15) is 0 Å². The number of aromatic nitrogens is 2. The molecule has 1 fully saturated rings. The fourth-order valence-corrected chi connectivity index (χ4v) is 3.90. The molecule has 0 bridgehead atoms. The van der Waals surface area contributed by atoms with Crippen LogP contribution >= 0.6 is 11.3 Å². The molecule has 1 aliphatic heterocycles. The highest BCUT2D eigenvalue weighted by molar-refractivity contribution is 7.93. The van der Waals surface area contributed by atoms with Crippen LogP contribution in [0, 0.1) is 5.82 Å². The third-order valence-electron chi connectivity index (χ3n) is 3.04. The molecule has 21 heavy (non-hydrogen) atoms. The number of benzene rings is 1. The van der Waals surface area contributed by atoms with Crippen LogP contribution in [0.3, 0.4) is 0 Å². The van der Waals surface area contributed by atoms with Crippen molar-refractivity contribution in [3.8, 4) is 0 Å². The molecule has 0 unspecified atom stereocenters. The molecule has 0 spiro atoms. The zero-order chi connectivity index (χ0) is 14.9. The summed E-state index contributed by atoms with van der Waals surface area (Å²) in [6.45, 7) is 0.381. The zero-order valence-electron chi connectivity index (χ0n) is 10.8. The number of ether oxygens (including phenoxy) is 1. The van der Waals surface area contributed by atoms with Gasteiger partial charge in [0.2, 0.25) is 15.2 Å². The lowest BCUT2D eigenvalue weighted by molar-refractivity contribution is 0.0418. The lowest BCUT2D eigenvalue weighted by atomic mass is 10.1. The molecule has 3 rings (SSSR count). The third-order valence-corrected chi connectivity index (χ3v) is 5.64. The summed E-state index contributed by atoms with van der Waals surface area (Å²) in [6.07, 6.45) is 0.276. The van der Waals surface area contributed by atoms with Crippen molar-refractivity contribution in [1.29, 1.82) is 0 Å². The van der Waals surface area contributed by atoms with Crippen LogP contribution in [0.15, 0.2) is 24.3 Å². The van der Waals surface area contributed by atoms with Gasteiger partial charge >= 0.3 is 0 Å². The van der Waals surface area contributed by atoms with Crippen LogP contribution in [0.4, 0.5) is 9.52 Å². The maximum atomic E-state index is 13.5. The molecule has 0 radical (unpaired) electrons. The highest BCUT2D eigenvalue weighted by atomic mass is 32.2. The van der Waals surface area contributed by atoms with E-state index in [2.05, 4.69) is 14.9 Å². The predicted octanol–water partition coefficient (Wildman–Crippen LogP) is 1.41. The maximum absolute atomic E-state index is 13.5. The number of nitrogens with one attached hydrogen (secondary N) is 1. The number of rotatable bonds is 5. The molecule has 0 aliphatic carbocycles. The molecular weight excluding hydrogens is 317 g/mol. The average Bonchev–Trinajstić information content (AvgIpc) is 2.76. The van der Waals surface area contributed by atoms with Crippen LogP contribution in [0.5, 0.6) is 0 Å². The minimum Gasteiger partial charge on any atom is -0.378 e. The number of hydrogen-bond acceptors (Lipinski definition) is 6. The van der Waals surface area contributed by atoms with E-state index in [1.165, 1.54) is 6.07 Å². The molecule has 1 aliphatic rings. The molecule has 1 aromatic heterocycles. The first-order valence-corrected chi connectivity index (χ1v) is 8.56. The molecule has 0 saturated carbocycles. The van der Waals surface area contributed by atoms with E-state index in [0.717, 1.165) is 11.3 Å². The van der Waals surface area contributed by atoms with Gasteiger partial charge in [0.05, 0.1) is 13.2 Å². The van der Waals surface area contributed by atoms with Crippen molar-refractivity contribution in [2.45, 2.75) is 11.7 Å². The average molecular weight is 329 g/mol. The Kier molecular flexibility index (Phi) is 3.87. The Morgan fingerprint density at radius 3 is 2.76 bits per heavy atom. The Morgan fingerprint density at radius 1 is 1.33 bits per heavy atom. The lowest BCUT2D eigenvalue weighted by Gasteiger charge is -2.25. The highest BCUT2D eigenvalue weighted by Gasteiger charge is 2.33. The number of hydrogen-bond donors (Lipinski definition) is 1. The normalized spacial score (nSPS) is 15.7. The summed E-state index contributed by atoms with van der Waals surface area (Å²) in [7, 11) is -3.49. The topological polar surface area (TPSA) is 81.2 Å². The van der Waals surface area contributed by atoms with Crippen molar-refractivity contribution in [2.75, 3.05) is 17.9 Å². The van der Waals surface area contributed by atoms with Crippen molar-refractivity contribution in [1.82, 2.24) is 10.2 Å². The van der Waals surface area contributed by atoms with E-state index >= 15 is 0 Å². The van der Waals surface area contributed by atoms with Crippen molar-refractivity contribution < 1.29 is 17.5 Å². The molecule has 1 saturated heterocycles. The summed E-state index contributed by atoms with van der Waals surface area (Å²) >= 11 is 1.10. The van der Waals surface area contributed by atoms with Crippen LogP contribution in [0.25, 0.3) is 0 Å². The van der Waals surface area contributed by atoms with Crippen molar-refractivity contribution in [3.05, 3.63) is 40.7 Å².